The van der Waals surface area contributed by atoms with Crippen molar-refractivity contribution >= 4 is 11.9 Å². The first-order valence-corrected chi connectivity index (χ1v) is 16.3. The Morgan fingerprint density at radius 1 is 0.514 bits per heavy atom. The second-order valence-electron chi connectivity index (χ2n) is 11.3. The van der Waals surface area contributed by atoms with Crippen LogP contribution in [0.25, 0.3) is 0 Å². The molecule has 4 heteroatoms. The van der Waals surface area contributed by atoms with Crippen molar-refractivity contribution < 1.29 is 19.1 Å². The minimum absolute atomic E-state index is 0.225. The second kappa shape index (κ2) is 28.0. The third kappa shape index (κ3) is 23.8. The summed E-state index contributed by atoms with van der Waals surface area (Å²) in [4.78, 5) is 24.3. The van der Waals surface area contributed by atoms with Gasteiger partial charge in [0.05, 0.1) is 13.0 Å². The number of unbranched alkanes of at least 4 members (excludes halogenated alkanes) is 21. The van der Waals surface area contributed by atoms with Crippen molar-refractivity contribution in [1.82, 2.24) is 0 Å². The first-order chi connectivity index (χ1) is 18.1. The van der Waals surface area contributed by atoms with E-state index >= 15 is 0 Å². The van der Waals surface area contributed by atoms with Gasteiger partial charge in [-0.2, -0.15) is 0 Å². The molecule has 0 aliphatic carbocycles. The lowest BCUT2D eigenvalue weighted by atomic mass is 9.91. The summed E-state index contributed by atoms with van der Waals surface area (Å²) >= 11 is 0. The predicted molar refractivity (Wildman–Crippen MR) is 158 cm³/mol. The van der Waals surface area contributed by atoms with Crippen LogP contribution in [0.15, 0.2) is 0 Å². The highest BCUT2D eigenvalue weighted by Crippen LogP contribution is 2.24. The van der Waals surface area contributed by atoms with Gasteiger partial charge in [-0.3, -0.25) is 9.59 Å². The third-order valence-electron chi connectivity index (χ3n) is 7.73. The van der Waals surface area contributed by atoms with E-state index in [1.165, 1.54) is 136 Å². The summed E-state index contributed by atoms with van der Waals surface area (Å²) in [6.07, 6.45) is 30.8. The van der Waals surface area contributed by atoms with Gasteiger partial charge in [0.25, 0.3) is 0 Å². The topological polar surface area (TPSA) is 52.6 Å². The zero-order chi connectivity index (χ0) is 27.4. The lowest BCUT2D eigenvalue weighted by molar-refractivity contribution is -0.160. The van der Waals surface area contributed by atoms with Crippen LogP contribution in [0.2, 0.25) is 0 Å². The molecule has 0 fully saturated rings. The summed E-state index contributed by atoms with van der Waals surface area (Å²) in [5.74, 6) is -0.853. The van der Waals surface area contributed by atoms with Gasteiger partial charge in [0, 0.05) is 6.92 Å². The van der Waals surface area contributed by atoms with Crippen LogP contribution in [0.4, 0.5) is 0 Å². The molecule has 0 N–H and O–H groups in total. The number of hydrogen-bond acceptors (Lipinski definition) is 4. The molecule has 4 nitrogen and oxygen atoms in total. The van der Waals surface area contributed by atoms with Crippen molar-refractivity contribution in [1.29, 1.82) is 0 Å². The second-order valence-corrected chi connectivity index (χ2v) is 11.3. The lowest BCUT2D eigenvalue weighted by Crippen LogP contribution is -2.33. The molecule has 0 spiro atoms. The van der Waals surface area contributed by atoms with E-state index in [0.717, 1.165) is 38.5 Å². The summed E-state index contributed by atoms with van der Waals surface area (Å²) in [6.45, 7) is 5.98. The fourth-order valence-corrected chi connectivity index (χ4v) is 5.38. The molecule has 0 radical (unpaired) electrons. The normalized spacial score (nSPS) is 12.9. The molecule has 0 aliphatic rings. The van der Waals surface area contributed by atoms with Gasteiger partial charge < -0.3 is 9.47 Å². The quantitative estimate of drug-likeness (QED) is 0.0754. The van der Waals surface area contributed by atoms with E-state index in [0.29, 0.717) is 0 Å². The van der Waals surface area contributed by atoms with Gasteiger partial charge in [0.1, 0.15) is 6.10 Å². The Morgan fingerprint density at radius 2 is 0.838 bits per heavy atom. The first kappa shape index (κ1) is 35.9. The van der Waals surface area contributed by atoms with Crippen LogP contribution >= 0.6 is 0 Å². The highest BCUT2D eigenvalue weighted by atomic mass is 16.6. The summed E-state index contributed by atoms with van der Waals surface area (Å²) in [7, 11) is 1.45. The molecule has 220 valence electrons. The molecule has 0 heterocycles. The van der Waals surface area contributed by atoms with Crippen LogP contribution in [0.3, 0.4) is 0 Å². The molecule has 0 aromatic rings. The highest BCUT2D eigenvalue weighted by molar-refractivity contribution is 5.74. The number of hydrogen-bond donors (Lipinski definition) is 0. The van der Waals surface area contributed by atoms with Crippen molar-refractivity contribution in [2.45, 2.75) is 187 Å². The molecule has 0 rings (SSSR count). The summed E-state index contributed by atoms with van der Waals surface area (Å²) in [5.41, 5.74) is 0. The fraction of sp³-hybridized carbons (Fsp3) is 0.939. The van der Waals surface area contributed by atoms with E-state index in [2.05, 4.69) is 13.8 Å². The summed E-state index contributed by atoms with van der Waals surface area (Å²) < 4.78 is 10.8. The molecule has 2 atom stereocenters. The van der Waals surface area contributed by atoms with Crippen LogP contribution in [-0.4, -0.2) is 25.2 Å². The molecule has 0 aromatic heterocycles. The van der Waals surface area contributed by atoms with Gasteiger partial charge in [-0.15, -0.1) is 0 Å². The smallest absolute Gasteiger partial charge is 0.312 e. The van der Waals surface area contributed by atoms with Crippen LogP contribution in [0, 0.1) is 5.92 Å². The minimum atomic E-state index is -0.351. The Hall–Kier alpha value is -1.06. The van der Waals surface area contributed by atoms with E-state index in [9.17, 15) is 9.59 Å². The van der Waals surface area contributed by atoms with E-state index in [1.807, 2.05) is 0 Å². The predicted octanol–water partition coefficient (Wildman–Crippen LogP) is 10.5. The van der Waals surface area contributed by atoms with Crippen LogP contribution < -0.4 is 0 Å². The number of carbonyl (C=O) groups is 2. The minimum Gasteiger partial charge on any atom is -0.469 e. The SMILES string of the molecule is CCCCCCCCCCCCCC[C@H](C(=O)OC)[C@H](CCCCCCCCCCCCC)OC(C)=O. The maximum Gasteiger partial charge on any atom is 0.312 e. The van der Waals surface area contributed by atoms with Gasteiger partial charge in [-0.1, -0.05) is 155 Å². The largest absolute Gasteiger partial charge is 0.469 e. The Morgan fingerprint density at radius 3 is 1.16 bits per heavy atom. The Labute approximate surface area is 231 Å². The molecular weight excluding hydrogens is 460 g/mol. The van der Waals surface area contributed by atoms with Crippen LogP contribution in [0.1, 0.15) is 181 Å². The molecule has 37 heavy (non-hydrogen) atoms. The van der Waals surface area contributed by atoms with Gasteiger partial charge in [-0.05, 0) is 19.3 Å². The van der Waals surface area contributed by atoms with Gasteiger partial charge >= 0.3 is 11.9 Å². The van der Waals surface area contributed by atoms with E-state index < -0.39 is 0 Å². The van der Waals surface area contributed by atoms with Gasteiger partial charge in [0.15, 0.2) is 0 Å². The monoisotopic (exact) mass is 524 g/mol. The number of carbonyl (C=O) groups excluding carboxylic acids is 2. The molecular formula is C33H64O4. The number of ether oxygens (including phenoxy) is 2. The van der Waals surface area contributed by atoms with Crippen LogP contribution in [0.5, 0.6) is 0 Å². The maximum atomic E-state index is 12.6. The molecule has 0 aliphatic heterocycles. The van der Waals surface area contributed by atoms with Gasteiger partial charge in [0.2, 0.25) is 0 Å². The average Bonchev–Trinajstić information content (AvgIpc) is 2.88. The standard InChI is InChI=1S/C33H64O4/c1-5-7-9-11-13-15-17-19-20-22-24-26-28-31(33(35)36-4)32(37-30(3)34)29-27-25-23-21-18-16-14-12-10-8-6-2/h31-32H,5-29H2,1-4H3/t31-,32-/m0/s1. The fourth-order valence-electron chi connectivity index (χ4n) is 5.38. The molecule has 0 saturated carbocycles. The number of esters is 2. The van der Waals surface area contributed by atoms with E-state index in [-0.39, 0.29) is 24.0 Å². The average molecular weight is 525 g/mol. The summed E-state index contributed by atoms with van der Waals surface area (Å²) in [6, 6.07) is 0. The highest BCUT2D eigenvalue weighted by Gasteiger charge is 2.30. The van der Waals surface area contributed by atoms with E-state index in [1.54, 1.807) is 0 Å². The van der Waals surface area contributed by atoms with Crippen molar-refractivity contribution in [3.05, 3.63) is 0 Å². The third-order valence-corrected chi connectivity index (χ3v) is 7.73. The molecule has 0 amide bonds. The van der Waals surface area contributed by atoms with E-state index in [4.69, 9.17) is 9.47 Å². The lowest BCUT2D eigenvalue weighted by Gasteiger charge is -2.25. The summed E-state index contributed by atoms with van der Waals surface area (Å²) in [5, 5.41) is 0. The zero-order valence-electron chi connectivity index (χ0n) is 25.5. The first-order valence-electron chi connectivity index (χ1n) is 16.3. The zero-order valence-corrected chi connectivity index (χ0v) is 25.5. The molecule has 0 aromatic carbocycles. The maximum absolute atomic E-state index is 12.6. The Balaban J connectivity index is 4.14. The van der Waals surface area contributed by atoms with Crippen molar-refractivity contribution in [3.8, 4) is 0 Å². The Bertz CT molecular complexity index is 505. The molecule has 0 saturated heterocycles. The van der Waals surface area contributed by atoms with Crippen LogP contribution in [-0.2, 0) is 19.1 Å². The Kier molecular flexibility index (Phi) is 27.2. The number of methoxy groups -OCH3 is 1. The van der Waals surface area contributed by atoms with Crippen molar-refractivity contribution in [2.75, 3.05) is 7.11 Å². The van der Waals surface area contributed by atoms with Gasteiger partial charge in [-0.25, -0.2) is 0 Å². The van der Waals surface area contributed by atoms with Crippen molar-refractivity contribution in [2.24, 2.45) is 5.92 Å². The van der Waals surface area contributed by atoms with Crippen molar-refractivity contribution in [3.63, 3.8) is 0 Å². The molecule has 0 bridgehead atoms. The molecule has 0 unspecified atom stereocenters. The number of rotatable bonds is 28.